The van der Waals surface area contributed by atoms with E-state index in [0.29, 0.717) is 0 Å². The number of nitrogens with zero attached hydrogens (tertiary/aromatic N) is 2. The summed E-state index contributed by atoms with van der Waals surface area (Å²) in [7, 11) is 0. The van der Waals surface area contributed by atoms with Crippen LogP contribution in [0, 0.1) is 6.92 Å². The molecule has 0 spiro atoms. The van der Waals surface area contributed by atoms with Crippen LogP contribution in [-0.2, 0) is 5.41 Å². The molecule has 1 saturated carbocycles. The van der Waals surface area contributed by atoms with Crippen LogP contribution in [0.2, 0.25) is 0 Å². The summed E-state index contributed by atoms with van der Waals surface area (Å²) in [6.07, 6.45) is 7.68. The zero-order valence-electron chi connectivity index (χ0n) is 22.6. The molecule has 3 heteroatoms. The molecule has 1 aliphatic carbocycles. The van der Waals surface area contributed by atoms with Crippen molar-refractivity contribution < 1.29 is 0 Å². The van der Waals surface area contributed by atoms with Gasteiger partial charge in [-0.3, -0.25) is 0 Å². The molecular formula is C35H33BN2. The number of aromatic nitrogens is 1. The molecule has 0 saturated heterocycles. The summed E-state index contributed by atoms with van der Waals surface area (Å²) >= 11 is 0. The molecule has 4 aliphatic rings. The van der Waals surface area contributed by atoms with Gasteiger partial charge in [-0.25, -0.2) is 0 Å². The predicted molar refractivity (Wildman–Crippen MR) is 162 cm³/mol. The molecule has 0 bridgehead atoms. The molecule has 0 radical (unpaired) electrons. The van der Waals surface area contributed by atoms with E-state index >= 15 is 0 Å². The van der Waals surface area contributed by atoms with E-state index < -0.39 is 0 Å². The van der Waals surface area contributed by atoms with Gasteiger partial charge < -0.3 is 9.47 Å². The van der Waals surface area contributed by atoms with Crippen molar-refractivity contribution in [2.75, 3.05) is 4.90 Å². The smallest absolute Gasteiger partial charge is 0.252 e. The number of hydrogen-bond acceptors (Lipinski definition) is 1. The van der Waals surface area contributed by atoms with Gasteiger partial charge in [-0.05, 0) is 72.8 Å². The normalized spacial score (nSPS) is 24.1. The SMILES string of the molecule is CCC12CCCCC1(CC)N1c3cccc4c3B(c3cc(C)cc2c31)c1cccc2c3ccccc3n-4c12. The fourth-order valence-corrected chi connectivity index (χ4v) is 9.84. The zero-order chi connectivity index (χ0) is 25.4. The first-order chi connectivity index (χ1) is 18.6. The first kappa shape index (κ1) is 21.5. The second-order valence-electron chi connectivity index (χ2n) is 12.4. The lowest BCUT2D eigenvalue weighted by molar-refractivity contribution is 0.147. The monoisotopic (exact) mass is 492 g/mol. The van der Waals surface area contributed by atoms with Gasteiger partial charge in [-0.15, -0.1) is 0 Å². The maximum atomic E-state index is 2.89. The minimum atomic E-state index is 0.149. The van der Waals surface area contributed by atoms with Gasteiger partial charge in [0.25, 0.3) is 6.71 Å². The average Bonchev–Trinajstić information content (AvgIpc) is 3.43. The van der Waals surface area contributed by atoms with Crippen LogP contribution in [0.5, 0.6) is 0 Å². The molecule has 1 fully saturated rings. The largest absolute Gasteiger partial charge is 0.335 e. The number of hydrogen-bond donors (Lipinski definition) is 0. The van der Waals surface area contributed by atoms with E-state index in [-0.39, 0.29) is 17.7 Å². The van der Waals surface area contributed by atoms with E-state index in [2.05, 4.69) is 103 Å². The van der Waals surface area contributed by atoms with Gasteiger partial charge in [-0.1, -0.05) is 86.8 Å². The Morgan fingerprint density at radius 1 is 0.789 bits per heavy atom. The lowest BCUT2D eigenvalue weighted by Gasteiger charge is -2.55. The van der Waals surface area contributed by atoms with Crippen LogP contribution in [0.3, 0.4) is 0 Å². The maximum Gasteiger partial charge on any atom is 0.252 e. The Labute approximate surface area is 225 Å². The van der Waals surface area contributed by atoms with Gasteiger partial charge in [0, 0.05) is 38.8 Å². The van der Waals surface area contributed by atoms with Crippen molar-refractivity contribution in [2.24, 2.45) is 0 Å². The number of aryl methyl sites for hydroxylation is 1. The minimum absolute atomic E-state index is 0.149. The molecule has 38 heavy (non-hydrogen) atoms. The van der Waals surface area contributed by atoms with Crippen LogP contribution in [0.4, 0.5) is 11.4 Å². The van der Waals surface area contributed by atoms with Crippen molar-refractivity contribution in [1.82, 2.24) is 4.57 Å². The number of benzene rings is 4. The molecule has 186 valence electrons. The highest BCUT2D eigenvalue weighted by Crippen LogP contribution is 2.64. The highest BCUT2D eigenvalue weighted by Gasteiger charge is 2.63. The fourth-order valence-electron chi connectivity index (χ4n) is 9.84. The third-order valence-electron chi connectivity index (χ3n) is 11.2. The molecule has 2 nitrogen and oxygen atoms in total. The predicted octanol–water partition coefficient (Wildman–Crippen LogP) is 6.76. The van der Waals surface area contributed by atoms with Crippen molar-refractivity contribution in [3.05, 3.63) is 83.9 Å². The van der Waals surface area contributed by atoms with Crippen molar-refractivity contribution in [2.45, 2.75) is 70.3 Å². The van der Waals surface area contributed by atoms with Crippen molar-refractivity contribution >= 4 is 56.3 Å². The quantitative estimate of drug-likeness (QED) is 0.243. The third kappa shape index (κ3) is 2.12. The highest BCUT2D eigenvalue weighted by atomic mass is 15.3. The highest BCUT2D eigenvalue weighted by molar-refractivity contribution is 7.00. The number of fused-ring (bicyclic) bond motifs is 10. The first-order valence-corrected chi connectivity index (χ1v) is 14.8. The van der Waals surface area contributed by atoms with E-state index in [4.69, 9.17) is 0 Å². The summed E-state index contributed by atoms with van der Waals surface area (Å²) in [4.78, 5) is 2.89. The molecule has 2 unspecified atom stereocenters. The number of rotatable bonds is 2. The van der Waals surface area contributed by atoms with Crippen LogP contribution in [0.25, 0.3) is 27.5 Å². The molecule has 2 atom stereocenters. The van der Waals surface area contributed by atoms with Crippen LogP contribution in [-0.4, -0.2) is 16.8 Å². The molecule has 3 aliphatic heterocycles. The Hall–Kier alpha value is -3.46. The van der Waals surface area contributed by atoms with E-state index in [0.717, 1.165) is 0 Å². The van der Waals surface area contributed by atoms with Crippen LogP contribution in [0.1, 0.15) is 63.5 Å². The minimum Gasteiger partial charge on any atom is -0.335 e. The maximum absolute atomic E-state index is 2.89. The van der Waals surface area contributed by atoms with Crippen LogP contribution in [0.15, 0.2) is 72.8 Å². The summed E-state index contributed by atoms with van der Waals surface area (Å²) in [5, 5.41) is 2.74. The molecule has 0 N–H and O–H groups in total. The van der Waals surface area contributed by atoms with Gasteiger partial charge in [-0.2, -0.15) is 0 Å². The Bertz CT molecular complexity index is 1850. The molecule has 1 aromatic heterocycles. The Morgan fingerprint density at radius 3 is 2.45 bits per heavy atom. The van der Waals surface area contributed by atoms with Gasteiger partial charge in [0.1, 0.15) is 0 Å². The lowest BCUT2D eigenvalue weighted by Crippen LogP contribution is -2.64. The topological polar surface area (TPSA) is 8.17 Å². The summed E-state index contributed by atoms with van der Waals surface area (Å²) in [6.45, 7) is 7.54. The standard InChI is InChI=1S/C35H33BN2/c1-4-34-18-8-9-19-35(34,5-2)38-30-17-11-16-29-31(30)36(27-21-22(3)20-25(34)33(27)38)26-14-10-13-24-23-12-6-7-15-28(23)37(29)32(24)26/h6-7,10-17,20-21H,4-5,8-9,18-19H2,1-3H3. The van der Waals surface area contributed by atoms with E-state index in [1.54, 1.807) is 16.7 Å². The molecule has 9 rings (SSSR count). The molecule has 4 aromatic carbocycles. The van der Waals surface area contributed by atoms with Gasteiger partial charge in [0.15, 0.2) is 0 Å². The Balaban J connectivity index is 1.49. The van der Waals surface area contributed by atoms with Crippen molar-refractivity contribution in [3.8, 4) is 5.69 Å². The fraction of sp³-hybridized carbons (Fsp3) is 0.314. The average molecular weight is 492 g/mol. The first-order valence-electron chi connectivity index (χ1n) is 14.8. The second-order valence-corrected chi connectivity index (χ2v) is 12.4. The van der Waals surface area contributed by atoms with E-state index in [1.807, 2.05) is 0 Å². The third-order valence-corrected chi connectivity index (χ3v) is 11.2. The molecule has 4 heterocycles. The lowest BCUT2D eigenvalue weighted by atomic mass is 9.33. The Morgan fingerprint density at radius 2 is 1.58 bits per heavy atom. The van der Waals surface area contributed by atoms with Gasteiger partial charge in [0.05, 0.1) is 11.1 Å². The molecule has 0 amide bonds. The second kappa shape index (κ2) is 6.94. The zero-order valence-corrected chi connectivity index (χ0v) is 22.6. The Kier molecular flexibility index (Phi) is 3.92. The van der Waals surface area contributed by atoms with E-state index in [1.165, 1.54) is 88.2 Å². The number of para-hydroxylation sites is 2. The summed E-state index contributed by atoms with van der Waals surface area (Å²) in [6, 6.07) is 28.3. The molecule has 5 aromatic rings. The van der Waals surface area contributed by atoms with Gasteiger partial charge >= 0.3 is 0 Å². The summed E-state index contributed by atoms with van der Waals surface area (Å²) in [5.74, 6) is 0. The van der Waals surface area contributed by atoms with Crippen molar-refractivity contribution in [3.63, 3.8) is 0 Å². The van der Waals surface area contributed by atoms with Crippen LogP contribution >= 0.6 is 0 Å². The summed E-state index contributed by atoms with van der Waals surface area (Å²) < 4.78 is 2.58. The van der Waals surface area contributed by atoms with Gasteiger partial charge in [0.2, 0.25) is 0 Å². The van der Waals surface area contributed by atoms with E-state index in [9.17, 15) is 0 Å². The summed E-state index contributed by atoms with van der Waals surface area (Å²) in [5.41, 5.74) is 15.1. The van der Waals surface area contributed by atoms with Crippen LogP contribution < -0.4 is 21.3 Å². The van der Waals surface area contributed by atoms with Crippen molar-refractivity contribution in [1.29, 1.82) is 0 Å². The molecular weight excluding hydrogens is 459 g/mol. The number of anilines is 2.